The SMILES string of the molecule is c1ccc(-c2c3ccccc3c(-c3ccccc3-c3ccc4oc5ccccc5c4c3)c3ccccc23)c(-c2ccc3oc4ccccc4c3c2)c1. The van der Waals surface area contributed by atoms with E-state index < -0.39 is 0 Å². The topological polar surface area (TPSA) is 26.3 Å². The Morgan fingerprint density at radius 2 is 0.538 bits per heavy atom. The lowest BCUT2D eigenvalue weighted by Gasteiger charge is -2.21. The lowest BCUT2D eigenvalue weighted by Crippen LogP contribution is -1.94. The summed E-state index contributed by atoms with van der Waals surface area (Å²) < 4.78 is 12.4. The summed E-state index contributed by atoms with van der Waals surface area (Å²) in [5.41, 5.74) is 13.2. The van der Waals surface area contributed by atoms with Gasteiger partial charge in [0.15, 0.2) is 0 Å². The van der Waals surface area contributed by atoms with E-state index in [4.69, 9.17) is 8.83 Å². The van der Waals surface area contributed by atoms with Crippen molar-refractivity contribution in [2.24, 2.45) is 0 Å². The normalized spacial score (nSPS) is 11.8. The highest BCUT2D eigenvalue weighted by molar-refractivity contribution is 6.23. The Hall–Kier alpha value is -6.90. The summed E-state index contributed by atoms with van der Waals surface area (Å²) in [7, 11) is 0. The maximum Gasteiger partial charge on any atom is 0.135 e. The summed E-state index contributed by atoms with van der Waals surface area (Å²) in [6, 6.07) is 65.2. The molecule has 0 spiro atoms. The summed E-state index contributed by atoms with van der Waals surface area (Å²) in [5, 5.41) is 9.44. The largest absolute Gasteiger partial charge is 0.456 e. The van der Waals surface area contributed by atoms with Crippen LogP contribution in [0.4, 0.5) is 0 Å². The van der Waals surface area contributed by atoms with Gasteiger partial charge in [-0.25, -0.2) is 0 Å². The molecule has 0 aliphatic heterocycles. The first-order valence-corrected chi connectivity index (χ1v) is 17.8. The highest BCUT2D eigenvalue weighted by atomic mass is 16.3. The number of hydrogen-bond donors (Lipinski definition) is 0. The van der Waals surface area contributed by atoms with Gasteiger partial charge in [-0.2, -0.15) is 0 Å². The van der Waals surface area contributed by atoms with Gasteiger partial charge < -0.3 is 8.83 Å². The second-order valence-electron chi connectivity index (χ2n) is 13.6. The van der Waals surface area contributed by atoms with Gasteiger partial charge in [-0.15, -0.1) is 0 Å². The van der Waals surface area contributed by atoms with Gasteiger partial charge in [0, 0.05) is 21.5 Å². The number of para-hydroxylation sites is 2. The molecule has 11 aromatic rings. The highest BCUT2D eigenvalue weighted by Crippen LogP contribution is 2.48. The molecule has 0 bridgehead atoms. The van der Waals surface area contributed by atoms with Crippen molar-refractivity contribution in [1.29, 1.82) is 0 Å². The van der Waals surface area contributed by atoms with Gasteiger partial charge in [0.2, 0.25) is 0 Å². The average Bonchev–Trinajstić information content (AvgIpc) is 3.77. The molecule has 2 aromatic heterocycles. The standard InChI is InChI=1S/C50H30O2/c1-3-17-37(33(13-1)31-25-27-47-43(29-31)35-15-9-11-23-45(35)51-47)49-39-19-5-7-21-41(39)50(42-22-8-6-20-40(42)49)38-18-4-2-14-34(38)32-26-28-48-44(30-32)36-16-10-12-24-46(36)52-48/h1-30H. The minimum Gasteiger partial charge on any atom is -0.456 e. The predicted molar refractivity (Wildman–Crippen MR) is 218 cm³/mol. The minimum atomic E-state index is 0.904. The molecule has 242 valence electrons. The van der Waals surface area contributed by atoms with Gasteiger partial charge in [0.25, 0.3) is 0 Å². The average molecular weight is 663 g/mol. The molecule has 0 radical (unpaired) electrons. The Morgan fingerprint density at radius 3 is 0.942 bits per heavy atom. The van der Waals surface area contributed by atoms with Crippen molar-refractivity contribution in [2.45, 2.75) is 0 Å². The molecule has 0 amide bonds. The van der Waals surface area contributed by atoms with E-state index in [0.29, 0.717) is 0 Å². The molecule has 0 unspecified atom stereocenters. The Kier molecular flexibility index (Phi) is 6.28. The first kappa shape index (κ1) is 28.9. The van der Waals surface area contributed by atoms with Gasteiger partial charge in [-0.3, -0.25) is 0 Å². The molecule has 0 aliphatic rings. The fourth-order valence-corrected chi connectivity index (χ4v) is 8.40. The van der Waals surface area contributed by atoms with Gasteiger partial charge in [-0.1, -0.05) is 146 Å². The number of furan rings is 2. The monoisotopic (exact) mass is 662 g/mol. The molecule has 11 rings (SSSR count). The van der Waals surface area contributed by atoms with Crippen LogP contribution in [0.2, 0.25) is 0 Å². The summed E-state index contributed by atoms with van der Waals surface area (Å²) >= 11 is 0. The Bertz CT molecular complexity index is 2920. The lowest BCUT2D eigenvalue weighted by molar-refractivity contribution is 0.668. The van der Waals surface area contributed by atoms with Crippen molar-refractivity contribution in [3.05, 3.63) is 182 Å². The predicted octanol–water partition coefficient (Wildman–Crippen LogP) is 14.5. The van der Waals surface area contributed by atoms with Crippen LogP contribution in [0.15, 0.2) is 191 Å². The zero-order chi connectivity index (χ0) is 34.2. The number of hydrogen-bond acceptors (Lipinski definition) is 2. The molecule has 0 N–H and O–H groups in total. The Morgan fingerprint density at radius 1 is 0.231 bits per heavy atom. The van der Waals surface area contributed by atoms with Gasteiger partial charge >= 0.3 is 0 Å². The van der Waals surface area contributed by atoms with E-state index in [9.17, 15) is 0 Å². The molecule has 0 fully saturated rings. The number of fused-ring (bicyclic) bond motifs is 8. The molecule has 52 heavy (non-hydrogen) atoms. The van der Waals surface area contributed by atoms with E-state index in [0.717, 1.165) is 43.9 Å². The van der Waals surface area contributed by atoms with Gasteiger partial charge in [0.1, 0.15) is 22.3 Å². The molecule has 0 aliphatic carbocycles. The van der Waals surface area contributed by atoms with E-state index in [1.807, 2.05) is 24.3 Å². The van der Waals surface area contributed by atoms with Crippen molar-refractivity contribution in [3.63, 3.8) is 0 Å². The third-order valence-corrected chi connectivity index (χ3v) is 10.7. The fraction of sp³-hybridized carbons (Fsp3) is 0. The van der Waals surface area contributed by atoms with E-state index in [2.05, 4.69) is 158 Å². The molecule has 9 aromatic carbocycles. The third-order valence-electron chi connectivity index (χ3n) is 10.7. The van der Waals surface area contributed by atoms with E-state index in [-0.39, 0.29) is 0 Å². The minimum absolute atomic E-state index is 0.904. The quantitative estimate of drug-likeness (QED) is 0.175. The van der Waals surface area contributed by atoms with Crippen molar-refractivity contribution in [1.82, 2.24) is 0 Å². The fourth-order valence-electron chi connectivity index (χ4n) is 8.40. The molecule has 2 heteroatoms. The van der Waals surface area contributed by atoms with Crippen molar-refractivity contribution < 1.29 is 8.83 Å². The first-order chi connectivity index (χ1) is 25.8. The number of benzene rings is 9. The summed E-state index contributed by atoms with van der Waals surface area (Å²) in [6.07, 6.45) is 0. The summed E-state index contributed by atoms with van der Waals surface area (Å²) in [4.78, 5) is 0. The summed E-state index contributed by atoms with van der Waals surface area (Å²) in [6.45, 7) is 0. The second kappa shape index (κ2) is 11.3. The second-order valence-corrected chi connectivity index (χ2v) is 13.6. The highest BCUT2D eigenvalue weighted by Gasteiger charge is 2.21. The van der Waals surface area contributed by atoms with Crippen LogP contribution < -0.4 is 0 Å². The molecular weight excluding hydrogens is 633 g/mol. The maximum atomic E-state index is 6.20. The van der Waals surface area contributed by atoms with Crippen LogP contribution in [0.5, 0.6) is 0 Å². The van der Waals surface area contributed by atoms with Crippen molar-refractivity contribution in [2.75, 3.05) is 0 Å². The molecular formula is C50H30O2. The smallest absolute Gasteiger partial charge is 0.135 e. The zero-order valence-electron chi connectivity index (χ0n) is 28.1. The van der Waals surface area contributed by atoms with E-state index in [1.165, 1.54) is 66.1 Å². The number of rotatable bonds is 4. The van der Waals surface area contributed by atoms with Crippen LogP contribution in [-0.2, 0) is 0 Å². The maximum absolute atomic E-state index is 6.20. The first-order valence-electron chi connectivity index (χ1n) is 17.8. The molecule has 2 nitrogen and oxygen atoms in total. The van der Waals surface area contributed by atoms with E-state index in [1.54, 1.807) is 0 Å². The van der Waals surface area contributed by atoms with Crippen LogP contribution in [0.25, 0.3) is 110 Å². The van der Waals surface area contributed by atoms with Gasteiger partial charge in [-0.05, 0) is 102 Å². The van der Waals surface area contributed by atoms with Crippen LogP contribution >= 0.6 is 0 Å². The van der Waals surface area contributed by atoms with Crippen molar-refractivity contribution >= 4 is 65.4 Å². The van der Waals surface area contributed by atoms with Crippen molar-refractivity contribution in [3.8, 4) is 44.5 Å². The van der Waals surface area contributed by atoms with Crippen LogP contribution in [0, 0.1) is 0 Å². The molecule has 0 saturated carbocycles. The van der Waals surface area contributed by atoms with E-state index >= 15 is 0 Å². The zero-order valence-corrected chi connectivity index (χ0v) is 28.1. The third kappa shape index (κ3) is 4.31. The Labute approximate surface area is 299 Å². The van der Waals surface area contributed by atoms with Gasteiger partial charge in [0.05, 0.1) is 0 Å². The summed E-state index contributed by atoms with van der Waals surface area (Å²) in [5.74, 6) is 0. The lowest BCUT2D eigenvalue weighted by atomic mass is 9.82. The molecule has 0 saturated heterocycles. The van der Waals surface area contributed by atoms with Crippen LogP contribution in [0.1, 0.15) is 0 Å². The Balaban J connectivity index is 1.17. The van der Waals surface area contributed by atoms with Crippen LogP contribution in [0.3, 0.4) is 0 Å². The molecule has 2 heterocycles. The van der Waals surface area contributed by atoms with Crippen LogP contribution in [-0.4, -0.2) is 0 Å². The molecule has 0 atom stereocenters.